The average Bonchev–Trinajstić information content (AvgIpc) is 3.16. The molecule has 2 fully saturated rings. The van der Waals surface area contributed by atoms with Crippen LogP contribution in [-0.2, 0) is 9.84 Å². The Morgan fingerprint density at radius 3 is 2.57 bits per heavy atom. The fourth-order valence-corrected chi connectivity index (χ4v) is 4.78. The van der Waals surface area contributed by atoms with Crippen LogP contribution in [0, 0.1) is 5.92 Å². The molecule has 8 heteroatoms. The van der Waals surface area contributed by atoms with Gasteiger partial charge in [0.05, 0.1) is 12.4 Å². The van der Waals surface area contributed by atoms with Gasteiger partial charge < -0.3 is 10.2 Å². The second-order valence-electron chi connectivity index (χ2n) is 7.98. The second kappa shape index (κ2) is 9.03. The molecule has 2 atom stereocenters. The van der Waals surface area contributed by atoms with E-state index in [2.05, 4.69) is 20.2 Å². The molecule has 1 N–H and O–H groups in total. The lowest BCUT2D eigenvalue weighted by molar-refractivity contribution is 0.0941. The van der Waals surface area contributed by atoms with Crippen LogP contribution in [0.15, 0.2) is 23.9 Å². The van der Waals surface area contributed by atoms with Crippen LogP contribution in [0.1, 0.15) is 62.4 Å². The summed E-state index contributed by atoms with van der Waals surface area (Å²) in [5.41, 5.74) is 0.233. The van der Waals surface area contributed by atoms with Gasteiger partial charge in [-0.25, -0.2) is 18.4 Å². The van der Waals surface area contributed by atoms with Gasteiger partial charge in [0.2, 0.25) is 0 Å². The summed E-state index contributed by atoms with van der Waals surface area (Å²) in [5.74, 6) is 1.22. The molecule has 7 nitrogen and oxygen atoms in total. The summed E-state index contributed by atoms with van der Waals surface area (Å²) in [4.78, 5) is 23.5. The lowest BCUT2D eigenvalue weighted by Crippen LogP contribution is -2.37. The predicted octanol–water partition coefficient (Wildman–Crippen LogP) is 2.70. The van der Waals surface area contributed by atoms with Crippen molar-refractivity contribution in [3.63, 3.8) is 0 Å². The first-order valence-electron chi connectivity index (χ1n) is 10.1. The van der Waals surface area contributed by atoms with Crippen molar-refractivity contribution in [2.45, 2.75) is 64.0 Å². The minimum absolute atomic E-state index is 0.233. The summed E-state index contributed by atoms with van der Waals surface area (Å²) in [6, 6.07) is 0.119. The van der Waals surface area contributed by atoms with E-state index in [4.69, 9.17) is 0 Å². The number of carbonyl (C=O) groups excluding carboxylic acids is 1. The van der Waals surface area contributed by atoms with E-state index in [1.54, 1.807) is 13.1 Å². The average molecular weight is 407 g/mol. The van der Waals surface area contributed by atoms with Crippen molar-refractivity contribution in [2.75, 3.05) is 17.7 Å². The van der Waals surface area contributed by atoms with E-state index < -0.39 is 15.9 Å². The molecule has 0 bridgehead atoms. The van der Waals surface area contributed by atoms with E-state index >= 15 is 0 Å². The van der Waals surface area contributed by atoms with Gasteiger partial charge in [-0.3, -0.25) is 4.79 Å². The van der Waals surface area contributed by atoms with Crippen LogP contribution in [0.3, 0.4) is 0 Å². The molecule has 1 aliphatic heterocycles. The molecule has 1 saturated heterocycles. The normalized spacial score (nSPS) is 22.5. The first-order chi connectivity index (χ1) is 13.3. The first kappa shape index (κ1) is 20.8. The van der Waals surface area contributed by atoms with Crippen molar-refractivity contribution in [3.05, 3.63) is 29.6 Å². The highest BCUT2D eigenvalue weighted by atomic mass is 32.2. The molecule has 3 rings (SSSR count). The second-order valence-corrected chi connectivity index (χ2v) is 9.91. The molecular weight excluding hydrogens is 376 g/mol. The summed E-state index contributed by atoms with van der Waals surface area (Å²) in [5, 5.41) is 3.80. The molecule has 28 heavy (non-hydrogen) atoms. The van der Waals surface area contributed by atoms with Crippen LogP contribution in [-0.4, -0.2) is 49.2 Å². The molecule has 1 aromatic heterocycles. The molecular formula is C20H30N4O3S. The Balaban J connectivity index is 1.62. The third kappa shape index (κ3) is 5.53. The van der Waals surface area contributed by atoms with E-state index in [9.17, 15) is 13.2 Å². The lowest BCUT2D eigenvalue weighted by Gasteiger charge is -2.34. The molecule has 0 aromatic carbocycles. The smallest absolute Gasteiger partial charge is 0.271 e. The number of sulfone groups is 1. The monoisotopic (exact) mass is 406 g/mol. The Morgan fingerprint density at radius 2 is 1.93 bits per heavy atom. The number of carbonyl (C=O) groups is 1. The Morgan fingerprint density at radius 1 is 1.18 bits per heavy atom. The number of hydrogen-bond donors (Lipinski definition) is 1. The van der Waals surface area contributed by atoms with Crippen LogP contribution >= 0.6 is 0 Å². The fraction of sp³-hybridized carbons (Fsp3) is 0.650. The molecule has 1 amide bonds. The van der Waals surface area contributed by atoms with Crippen LogP contribution in [0.25, 0.3) is 0 Å². The molecule has 0 radical (unpaired) electrons. The summed E-state index contributed by atoms with van der Waals surface area (Å²) in [6.45, 7) is 2.70. The number of anilines is 1. The number of hydrogen-bond acceptors (Lipinski definition) is 6. The van der Waals surface area contributed by atoms with Crippen LogP contribution < -0.4 is 10.2 Å². The molecule has 2 aliphatic rings. The predicted molar refractivity (Wildman–Crippen MR) is 110 cm³/mol. The molecule has 2 heterocycles. The van der Waals surface area contributed by atoms with E-state index in [1.165, 1.54) is 57.2 Å². The van der Waals surface area contributed by atoms with Gasteiger partial charge in [0.25, 0.3) is 5.91 Å². The standard InChI is InChI=1S/C20H30N4O3S/c1-15(10-12-28(2,26)27)23-20(25)17-13-22-19(14-21-17)24-11-6-9-18(24)16-7-4-3-5-8-16/h10,12-16,18H,3-9,11H2,1-2H3,(H,23,25)/b12-10+/t15-,18-/m1/s1. The Bertz CT molecular complexity index is 801. The maximum absolute atomic E-state index is 12.3. The van der Waals surface area contributed by atoms with Crippen molar-refractivity contribution >= 4 is 21.6 Å². The summed E-state index contributed by atoms with van der Waals surface area (Å²) >= 11 is 0. The summed E-state index contributed by atoms with van der Waals surface area (Å²) < 4.78 is 22.3. The maximum atomic E-state index is 12.3. The van der Waals surface area contributed by atoms with Gasteiger partial charge in [0.15, 0.2) is 9.84 Å². The number of nitrogens with one attached hydrogen (secondary N) is 1. The molecule has 154 valence electrons. The van der Waals surface area contributed by atoms with Gasteiger partial charge in [0.1, 0.15) is 11.5 Å². The van der Waals surface area contributed by atoms with Gasteiger partial charge in [-0.1, -0.05) is 25.3 Å². The van der Waals surface area contributed by atoms with E-state index in [0.29, 0.717) is 6.04 Å². The Kier molecular flexibility index (Phi) is 6.69. The molecule has 0 spiro atoms. The highest BCUT2D eigenvalue weighted by molar-refractivity contribution is 7.93. The lowest BCUT2D eigenvalue weighted by atomic mass is 9.83. The summed E-state index contributed by atoms with van der Waals surface area (Å²) in [7, 11) is -3.21. The third-order valence-corrected chi connectivity index (χ3v) is 6.28. The van der Waals surface area contributed by atoms with E-state index in [-0.39, 0.29) is 11.6 Å². The van der Waals surface area contributed by atoms with Gasteiger partial charge in [0, 0.05) is 30.3 Å². The van der Waals surface area contributed by atoms with Gasteiger partial charge >= 0.3 is 0 Å². The SMILES string of the molecule is C[C@H](/C=C/S(C)(=O)=O)NC(=O)c1cnc(N2CCC[C@@H]2C2CCCCC2)cn1. The zero-order valence-electron chi connectivity index (χ0n) is 16.7. The van der Waals surface area contributed by atoms with Crippen LogP contribution in [0.2, 0.25) is 0 Å². The van der Waals surface area contributed by atoms with Crippen molar-refractivity contribution in [3.8, 4) is 0 Å². The molecule has 1 aliphatic carbocycles. The minimum Gasteiger partial charge on any atom is -0.352 e. The number of amides is 1. The number of aromatic nitrogens is 2. The molecule has 0 unspecified atom stereocenters. The van der Waals surface area contributed by atoms with Crippen molar-refractivity contribution in [1.82, 2.24) is 15.3 Å². The van der Waals surface area contributed by atoms with Crippen molar-refractivity contribution < 1.29 is 13.2 Å². The van der Waals surface area contributed by atoms with Gasteiger partial charge in [-0.05, 0) is 38.5 Å². The molecule has 1 saturated carbocycles. The van der Waals surface area contributed by atoms with Gasteiger partial charge in [-0.15, -0.1) is 0 Å². The highest BCUT2D eigenvalue weighted by Crippen LogP contribution is 2.35. The summed E-state index contributed by atoms with van der Waals surface area (Å²) in [6.07, 6.45) is 14.7. The fourth-order valence-electron chi connectivity index (χ4n) is 4.26. The number of nitrogens with zero attached hydrogens (tertiary/aromatic N) is 3. The Labute approximate surface area is 167 Å². The third-order valence-electron chi connectivity index (χ3n) is 5.63. The van der Waals surface area contributed by atoms with Crippen LogP contribution in [0.4, 0.5) is 5.82 Å². The van der Waals surface area contributed by atoms with Crippen molar-refractivity contribution in [2.24, 2.45) is 5.92 Å². The first-order valence-corrected chi connectivity index (χ1v) is 12.1. The van der Waals surface area contributed by atoms with Crippen molar-refractivity contribution in [1.29, 1.82) is 0 Å². The zero-order chi connectivity index (χ0) is 20.1. The Hall–Kier alpha value is -1.96. The van der Waals surface area contributed by atoms with Gasteiger partial charge in [-0.2, -0.15) is 0 Å². The number of rotatable bonds is 6. The van der Waals surface area contributed by atoms with E-state index in [0.717, 1.165) is 29.9 Å². The maximum Gasteiger partial charge on any atom is 0.271 e. The quantitative estimate of drug-likeness (QED) is 0.781. The zero-order valence-corrected chi connectivity index (χ0v) is 17.5. The minimum atomic E-state index is -3.21. The largest absolute Gasteiger partial charge is 0.352 e. The molecule has 1 aromatic rings. The van der Waals surface area contributed by atoms with Crippen LogP contribution in [0.5, 0.6) is 0 Å². The topological polar surface area (TPSA) is 92.3 Å². The van der Waals surface area contributed by atoms with E-state index in [1.807, 2.05) is 0 Å². The highest BCUT2D eigenvalue weighted by Gasteiger charge is 2.33.